The second-order valence-electron chi connectivity index (χ2n) is 8.65. The minimum absolute atomic E-state index is 0.0709. The van der Waals surface area contributed by atoms with E-state index in [2.05, 4.69) is 12.2 Å². The number of carbonyl (C=O) groups is 2. The monoisotopic (exact) mass is 520 g/mol. The van der Waals surface area contributed by atoms with E-state index in [9.17, 15) is 18.4 Å². The third kappa shape index (κ3) is 9.23. The molecule has 4 nitrogen and oxygen atoms in total. The van der Waals surface area contributed by atoms with Gasteiger partial charge in [-0.15, -0.1) is 11.8 Å². The quantitative estimate of drug-likeness (QED) is 0.383. The molecule has 1 N–H and O–H groups in total. The standard InChI is InChI=1S/C25H30F2N2O2S.2C2H6/c1-4-32-21-11-5-18(6-12-21)17-22(30)28-20-9-7-19(8-10-20)24(2,3)23(31)29-15-13-25(26,27)14-16-29;2*1-2/h5-12H,4,13-17H2,1-3H3,(H,28,30);2*1-2H3. The van der Waals surface area contributed by atoms with Crippen molar-refractivity contribution >= 4 is 29.3 Å². The molecule has 0 aromatic heterocycles. The fourth-order valence-electron chi connectivity index (χ4n) is 3.79. The summed E-state index contributed by atoms with van der Waals surface area (Å²) in [5.41, 5.74) is 1.53. The molecule has 1 heterocycles. The van der Waals surface area contributed by atoms with E-state index in [-0.39, 0.29) is 44.2 Å². The number of benzene rings is 2. The zero-order chi connectivity index (χ0) is 27.4. The molecule has 0 unspecified atom stereocenters. The average Bonchev–Trinajstić information content (AvgIpc) is 2.88. The van der Waals surface area contributed by atoms with E-state index in [1.165, 1.54) is 9.80 Å². The molecule has 1 aliphatic rings. The Labute approximate surface area is 220 Å². The predicted molar refractivity (Wildman–Crippen MR) is 148 cm³/mol. The number of carbonyl (C=O) groups excluding carboxylic acids is 2. The zero-order valence-corrected chi connectivity index (χ0v) is 23.6. The van der Waals surface area contributed by atoms with Crippen molar-refractivity contribution in [3.63, 3.8) is 0 Å². The Hall–Kier alpha value is -2.41. The van der Waals surface area contributed by atoms with Crippen molar-refractivity contribution in [2.45, 2.75) is 84.0 Å². The van der Waals surface area contributed by atoms with Gasteiger partial charge in [-0.1, -0.05) is 58.9 Å². The summed E-state index contributed by atoms with van der Waals surface area (Å²) < 4.78 is 26.8. The van der Waals surface area contributed by atoms with Crippen LogP contribution in [0.4, 0.5) is 14.5 Å². The SMILES string of the molecule is CC.CC.CCSc1ccc(CC(=O)Nc2ccc(C(C)(C)C(=O)N3CCC(F)(F)CC3)cc2)cc1. The number of hydrogen-bond donors (Lipinski definition) is 1. The number of amides is 2. The van der Waals surface area contributed by atoms with Crippen LogP contribution in [0.1, 0.15) is 72.4 Å². The molecular weight excluding hydrogens is 478 g/mol. The summed E-state index contributed by atoms with van der Waals surface area (Å²) in [6.45, 7) is 13.8. The maximum Gasteiger partial charge on any atom is 0.251 e. The molecule has 0 bridgehead atoms. The van der Waals surface area contributed by atoms with Crippen LogP contribution in [0.25, 0.3) is 0 Å². The summed E-state index contributed by atoms with van der Waals surface area (Å²) in [7, 11) is 0. The molecule has 0 aliphatic carbocycles. The molecular formula is C29H42F2N2O2S. The molecule has 1 saturated heterocycles. The van der Waals surface area contributed by atoms with E-state index in [4.69, 9.17) is 0 Å². The van der Waals surface area contributed by atoms with E-state index >= 15 is 0 Å². The van der Waals surface area contributed by atoms with Crippen LogP contribution < -0.4 is 5.32 Å². The lowest BCUT2D eigenvalue weighted by Crippen LogP contribution is -2.49. The molecule has 1 aliphatic heterocycles. The molecule has 0 atom stereocenters. The van der Waals surface area contributed by atoms with E-state index in [0.717, 1.165) is 16.9 Å². The fraction of sp³-hybridized carbons (Fsp3) is 0.517. The number of alkyl halides is 2. The first-order valence-corrected chi connectivity index (χ1v) is 13.9. The Kier molecular flexibility index (Phi) is 13.2. The lowest BCUT2D eigenvalue weighted by molar-refractivity contribution is -0.142. The summed E-state index contributed by atoms with van der Waals surface area (Å²) in [5.74, 6) is -1.95. The lowest BCUT2D eigenvalue weighted by Gasteiger charge is -2.37. The first-order valence-electron chi connectivity index (χ1n) is 12.9. The first-order chi connectivity index (χ1) is 17.1. The van der Waals surface area contributed by atoms with Gasteiger partial charge in [-0.05, 0) is 55.0 Å². The number of piperidine rings is 1. The van der Waals surface area contributed by atoms with Gasteiger partial charge in [0, 0.05) is 36.5 Å². The highest BCUT2D eigenvalue weighted by atomic mass is 32.2. The van der Waals surface area contributed by atoms with Gasteiger partial charge < -0.3 is 10.2 Å². The van der Waals surface area contributed by atoms with Crippen LogP contribution in [0.2, 0.25) is 0 Å². The van der Waals surface area contributed by atoms with Gasteiger partial charge in [0.15, 0.2) is 0 Å². The van der Waals surface area contributed by atoms with Gasteiger partial charge in [-0.25, -0.2) is 8.78 Å². The molecule has 2 aromatic rings. The predicted octanol–water partition coefficient (Wildman–Crippen LogP) is 7.57. The van der Waals surface area contributed by atoms with Crippen molar-refractivity contribution in [3.05, 3.63) is 59.7 Å². The molecule has 2 aromatic carbocycles. The largest absolute Gasteiger partial charge is 0.341 e. The summed E-state index contributed by atoms with van der Waals surface area (Å²) in [6.07, 6.45) is -0.303. The van der Waals surface area contributed by atoms with E-state index in [1.807, 2.05) is 64.1 Å². The Morgan fingerprint density at radius 3 is 1.97 bits per heavy atom. The highest BCUT2D eigenvalue weighted by molar-refractivity contribution is 7.99. The van der Waals surface area contributed by atoms with Crippen molar-refractivity contribution in [2.75, 3.05) is 24.2 Å². The number of hydrogen-bond acceptors (Lipinski definition) is 3. The third-order valence-electron chi connectivity index (χ3n) is 5.81. The summed E-state index contributed by atoms with van der Waals surface area (Å²) in [4.78, 5) is 28.1. The lowest BCUT2D eigenvalue weighted by atomic mass is 9.82. The van der Waals surface area contributed by atoms with Crippen LogP contribution in [0.15, 0.2) is 53.4 Å². The smallest absolute Gasteiger partial charge is 0.251 e. The second-order valence-corrected chi connectivity index (χ2v) is 9.99. The van der Waals surface area contributed by atoms with Crippen molar-refractivity contribution in [1.29, 1.82) is 0 Å². The van der Waals surface area contributed by atoms with Gasteiger partial charge in [0.25, 0.3) is 5.92 Å². The van der Waals surface area contributed by atoms with Gasteiger partial charge in [0.2, 0.25) is 11.8 Å². The maximum absolute atomic E-state index is 13.4. The van der Waals surface area contributed by atoms with Gasteiger partial charge in [-0.3, -0.25) is 9.59 Å². The number of nitrogens with zero attached hydrogens (tertiary/aromatic N) is 1. The van der Waals surface area contributed by atoms with Crippen molar-refractivity contribution in [1.82, 2.24) is 4.90 Å². The highest BCUT2D eigenvalue weighted by Crippen LogP contribution is 2.32. The molecule has 3 rings (SSSR count). The normalized spacial score (nSPS) is 14.5. The molecule has 7 heteroatoms. The number of anilines is 1. The summed E-state index contributed by atoms with van der Waals surface area (Å²) >= 11 is 1.76. The Bertz CT molecular complexity index is 935. The molecule has 200 valence electrons. The van der Waals surface area contributed by atoms with Gasteiger partial charge >= 0.3 is 0 Å². The van der Waals surface area contributed by atoms with Crippen LogP contribution >= 0.6 is 11.8 Å². The molecule has 0 saturated carbocycles. The topological polar surface area (TPSA) is 49.4 Å². The van der Waals surface area contributed by atoms with E-state index in [0.29, 0.717) is 5.69 Å². The first kappa shape index (κ1) is 31.6. The van der Waals surface area contributed by atoms with E-state index < -0.39 is 11.3 Å². The van der Waals surface area contributed by atoms with Crippen molar-refractivity contribution < 1.29 is 18.4 Å². The van der Waals surface area contributed by atoms with Gasteiger partial charge in [0.05, 0.1) is 11.8 Å². The molecule has 0 radical (unpaired) electrons. The molecule has 36 heavy (non-hydrogen) atoms. The average molecular weight is 521 g/mol. The summed E-state index contributed by atoms with van der Waals surface area (Å²) in [6, 6.07) is 15.1. The summed E-state index contributed by atoms with van der Waals surface area (Å²) in [5, 5.41) is 2.89. The third-order valence-corrected chi connectivity index (χ3v) is 6.70. The fourth-order valence-corrected chi connectivity index (χ4v) is 4.45. The second kappa shape index (κ2) is 15.0. The molecule has 0 spiro atoms. The van der Waals surface area contributed by atoms with Gasteiger partial charge in [0.1, 0.15) is 0 Å². The van der Waals surface area contributed by atoms with Crippen LogP contribution in [0.3, 0.4) is 0 Å². The minimum Gasteiger partial charge on any atom is -0.341 e. The maximum atomic E-state index is 13.4. The van der Waals surface area contributed by atoms with Crippen molar-refractivity contribution in [2.24, 2.45) is 0 Å². The van der Waals surface area contributed by atoms with Crippen LogP contribution in [0.5, 0.6) is 0 Å². The Balaban J connectivity index is 0.00000154. The highest BCUT2D eigenvalue weighted by Gasteiger charge is 2.40. The van der Waals surface area contributed by atoms with Crippen LogP contribution in [0, 0.1) is 0 Å². The Morgan fingerprint density at radius 1 is 0.944 bits per heavy atom. The number of halogens is 2. The number of likely N-dealkylation sites (tertiary alicyclic amines) is 1. The van der Waals surface area contributed by atoms with Crippen LogP contribution in [-0.2, 0) is 21.4 Å². The van der Waals surface area contributed by atoms with Crippen molar-refractivity contribution in [3.8, 4) is 0 Å². The van der Waals surface area contributed by atoms with Crippen LogP contribution in [-0.4, -0.2) is 41.5 Å². The molecule has 2 amide bonds. The number of nitrogens with one attached hydrogen (secondary N) is 1. The minimum atomic E-state index is -2.68. The number of rotatable bonds is 7. The zero-order valence-electron chi connectivity index (χ0n) is 22.8. The van der Waals surface area contributed by atoms with Gasteiger partial charge in [-0.2, -0.15) is 0 Å². The Morgan fingerprint density at radius 2 is 1.47 bits per heavy atom. The number of thioether (sulfide) groups is 1. The van der Waals surface area contributed by atoms with E-state index in [1.54, 1.807) is 37.7 Å². The molecule has 1 fully saturated rings.